The van der Waals surface area contributed by atoms with Gasteiger partial charge in [0, 0.05) is 0 Å². The average molecular weight is 377 g/mol. The SMILES string of the molecule is CC(C(=O)OCc1cccc(C(F)(F)F)c1)N1C(=O)c2ccccc2C1=O. The summed E-state index contributed by atoms with van der Waals surface area (Å²) in [6, 6.07) is 9.34. The molecule has 5 nitrogen and oxygen atoms in total. The Morgan fingerprint density at radius 3 is 2.19 bits per heavy atom. The standard InChI is InChI=1S/C19H14F3NO4/c1-11(23-16(24)14-7-2-3-8-15(14)17(23)25)18(26)27-10-12-5-4-6-13(9-12)19(20,21)22/h2-9,11H,10H2,1H3. The number of esters is 1. The minimum Gasteiger partial charge on any atom is -0.459 e. The summed E-state index contributed by atoms with van der Waals surface area (Å²) in [6.07, 6.45) is -4.51. The van der Waals surface area contributed by atoms with E-state index in [1.54, 1.807) is 12.1 Å². The lowest BCUT2D eigenvalue weighted by molar-refractivity contribution is -0.149. The number of halogens is 3. The van der Waals surface area contributed by atoms with Crippen LogP contribution >= 0.6 is 0 Å². The maximum atomic E-state index is 12.7. The minimum atomic E-state index is -4.51. The molecule has 140 valence electrons. The Morgan fingerprint density at radius 2 is 1.63 bits per heavy atom. The van der Waals surface area contributed by atoms with E-state index >= 15 is 0 Å². The van der Waals surface area contributed by atoms with Crippen LogP contribution in [0.2, 0.25) is 0 Å². The molecule has 0 N–H and O–H groups in total. The zero-order valence-electron chi connectivity index (χ0n) is 14.1. The molecule has 1 unspecified atom stereocenters. The molecule has 0 radical (unpaired) electrons. The zero-order chi connectivity index (χ0) is 19.8. The van der Waals surface area contributed by atoms with Crippen LogP contribution in [-0.2, 0) is 22.3 Å². The molecular formula is C19H14F3NO4. The summed E-state index contributed by atoms with van der Waals surface area (Å²) < 4.78 is 43.2. The van der Waals surface area contributed by atoms with E-state index in [2.05, 4.69) is 0 Å². The van der Waals surface area contributed by atoms with E-state index in [1.807, 2.05) is 0 Å². The Bertz CT molecular complexity index is 888. The van der Waals surface area contributed by atoms with Crippen molar-refractivity contribution in [3.05, 3.63) is 70.8 Å². The van der Waals surface area contributed by atoms with Crippen LogP contribution in [0.1, 0.15) is 38.8 Å². The fourth-order valence-corrected chi connectivity index (χ4v) is 2.78. The number of imide groups is 1. The highest BCUT2D eigenvalue weighted by Gasteiger charge is 2.41. The van der Waals surface area contributed by atoms with E-state index in [0.717, 1.165) is 17.0 Å². The van der Waals surface area contributed by atoms with Crippen molar-refractivity contribution in [2.45, 2.75) is 25.7 Å². The Labute approximate surface area is 152 Å². The van der Waals surface area contributed by atoms with Gasteiger partial charge in [-0.25, -0.2) is 4.79 Å². The maximum Gasteiger partial charge on any atom is 0.416 e. The van der Waals surface area contributed by atoms with Gasteiger partial charge in [0.15, 0.2) is 0 Å². The van der Waals surface area contributed by atoms with E-state index in [4.69, 9.17) is 4.74 Å². The van der Waals surface area contributed by atoms with Gasteiger partial charge >= 0.3 is 12.1 Å². The molecular weight excluding hydrogens is 363 g/mol. The van der Waals surface area contributed by atoms with Crippen molar-refractivity contribution in [2.75, 3.05) is 0 Å². The number of alkyl halides is 3. The van der Waals surface area contributed by atoms with Crippen LogP contribution in [0.3, 0.4) is 0 Å². The Morgan fingerprint density at radius 1 is 1.04 bits per heavy atom. The number of carbonyl (C=O) groups is 3. The molecule has 0 fully saturated rings. The molecule has 1 aliphatic heterocycles. The van der Waals surface area contributed by atoms with Crippen molar-refractivity contribution < 1.29 is 32.3 Å². The van der Waals surface area contributed by atoms with Crippen LogP contribution in [0.4, 0.5) is 13.2 Å². The van der Waals surface area contributed by atoms with Gasteiger partial charge in [-0.3, -0.25) is 14.5 Å². The van der Waals surface area contributed by atoms with Gasteiger partial charge in [-0.15, -0.1) is 0 Å². The van der Waals surface area contributed by atoms with Gasteiger partial charge in [0.2, 0.25) is 0 Å². The Balaban J connectivity index is 1.69. The molecule has 8 heteroatoms. The predicted octanol–water partition coefficient (Wildman–Crippen LogP) is 3.43. The summed E-state index contributed by atoms with van der Waals surface area (Å²) >= 11 is 0. The average Bonchev–Trinajstić information content (AvgIpc) is 2.90. The van der Waals surface area contributed by atoms with Gasteiger partial charge in [0.1, 0.15) is 12.6 Å². The molecule has 1 atom stereocenters. The highest BCUT2D eigenvalue weighted by atomic mass is 19.4. The highest BCUT2D eigenvalue weighted by Crippen LogP contribution is 2.30. The summed E-state index contributed by atoms with van der Waals surface area (Å²) in [4.78, 5) is 37.7. The number of carbonyl (C=O) groups excluding carboxylic acids is 3. The van der Waals surface area contributed by atoms with Gasteiger partial charge in [-0.1, -0.05) is 24.3 Å². The van der Waals surface area contributed by atoms with E-state index < -0.39 is 42.2 Å². The largest absolute Gasteiger partial charge is 0.459 e. The van der Waals surface area contributed by atoms with Crippen LogP contribution < -0.4 is 0 Å². The smallest absolute Gasteiger partial charge is 0.416 e. The lowest BCUT2D eigenvalue weighted by Gasteiger charge is -2.21. The Kier molecular flexibility index (Phi) is 4.73. The summed E-state index contributed by atoms with van der Waals surface area (Å²) in [7, 11) is 0. The molecule has 3 rings (SSSR count). The first-order valence-corrected chi connectivity index (χ1v) is 8.00. The van der Waals surface area contributed by atoms with Crippen molar-refractivity contribution in [1.29, 1.82) is 0 Å². The van der Waals surface area contributed by atoms with Gasteiger partial charge in [0.25, 0.3) is 11.8 Å². The van der Waals surface area contributed by atoms with Gasteiger partial charge < -0.3 is 4.74 Å². The van der Waals surface area contributed by atoms with Crippen molar-refractivity contribution in [3.63, 3.8) is 0 Å². The van der Waals surface area contributed by atoms with Crippen LogP contribution in [0.25, 0.3) is 0 Å². The summed E-state index contributed by atoms with van der Waals surface area (Å²) in [5, 5.41) is 0. The first-order chi connectivity index (χ1) is 12.7. The molecule has 0 saturated carbocycles. The van der Waals surface area contributed by atoms with Gasteiger partial charge in [-0.05, 0) is 36.8 Å². The molecule has 0 spiro atoms. The van der Waals surface area contributed by atoms with Crippen LogP contribution in [-0.4, -0.2) is 28.7 Å². The molecule has 0 bridgehead atoms. The van der Waals surface area contributed by atoms with Gasteiger partial charge in [-0.2, -0.15) is 13.2 Å². The van der Waals surface area contributed by atoms with Crippen LogP contribution in [0.15, 0.2) is 48.5 Å². The van der Waals surface area contributed by atoms with Crippen molar-refractivity contribution in [1.82, 2.24) is 4.90 Å². The van der Waals surface area contributed by atoms with Crippen molar-refractivity contribution in [3.8, 4) is 0 Å². The fraction of sp³-hybridized carbons (Fsp3) is 0.211. The molecule has 1 aliphatic rings. The maximum absolute atomic E-state index is 12.7. The third-order valence-electron chi connectivity index (χ3n) is 4.19. The van der Waals surface area contributed by atoms with E-state index in [9.17, 15) is 27.6 Å². The number of benzene rings is 2. The quantitative estimate of drug-likeness (QED) is 0.605. The zero-order valence-corrected chi connectivity index (χ0v) is 14.1. The summed E-state index contributed by atoms with van der Waals surface area (Å²) in [5.74, 6) is -2.11. The lowest BCUT2D eigenvalue weighted by Crippen LogP contribution is -2.43. The topological polar surface area (TPSA) is 63.7 Å². The molecule has 2 amide bonds. The number of amides is 2. The van der Waals surface area contributed by atoms with E-state index in [1.165, 1.54) is 31.2 Å². The number of fused-ring (bicyclic) bond motifs is 1. The first-order valence-electron chi connectivity index (χ1n) is 8.00. The molecule has 0 aromatic heterocycles. The third kappa shape index (κ3) is 3.55. The number of nitrogens with zero attached hydrogens (tertiary/aromatic N) is 1. The molecule has 0 aliphatic carbocycles. The predicted molar refractivity (Wildman–Crippen MR) is 87.6 cm³/mol. The molecule has 27 heavy (non-hydrogen) atoms. The number of hydrogen-bond donors (Lipinski definition) is 0. The fourth-order valence-electron chi connectivity index (χ4n) is 2.78. The monoisotopic (exact) mass is 377 g/mol. The number of rotatable bonds is 4. The van der Waals surface area contributed by atoms with E-state index in [0.29, 0.717) is 0 Å². The Hall–Kier alpha value is -3.16. The summed E-state index contributed by atoms with van der Waals surface area (Å²) in [6.45, 7) is 0.923. The lowest BCUT2D eigenvalue weighted by atomic mass is 10.1. The number of hydrogen-bond acceptors (Lipinski definition) is 4. The number of ether oxygens (including phenoxy) is 1. The first kappa shape index (κ1) is 18.6. The van der Waals surface area contributed by atoms with E-state index in [-0.39, 0.29) is 16.7 Å². The minimum absolute atomic E-state index is 0.146. The second-order valence-corrected chi connectivity index (χ2v) is 6.01. The molecule has 0 saturated heterocycles. The van der Waals surface area contributed by atoms with Crippen LogP contribution in [0, 0.1) is 0 Å². The third-order valence-corrected chi connectivity index (χ3v) is 4.19. The highest BCUT2D eigenvalue weighted by molar-refractivity contribution is 6.22. The molecule has 2 aromatic rings. The normalized spacial score (nSPS) is 14.9. The molecule has 2 aromatic carbocycles. The van der Waals surface area contributed by atoms with Crippen molar-refractivity contribution >= 4 is 17.8 Å². The second-order valence-electron chi connectivity index (χ2n) is 6.01. The van der Waals surface area contributed by atoms with Gasteiger partial charge in [0.05, 0.1) is 16.7 Å². The van der Waals surface area contributed by atoms with Crippen molar-refractivity contribution in [2.24, 2.45) is 0 Å². The van der Waals surface area contributed by atoms with Crippen LogP contribution in [0.5, 0.6) is 0 Å². The summed E-state index contributed by atoms with van der Waals surface area (Å²) in [5.41, 5.74) is -0.322. The second kappa shape index (κ2) is 6.86. The molecule has 1 heterocycles.